The minimum Gasteiger partial charge on any atom is -0.310 e. The van der Waals surface area contributed by atoms with Crippen LogP contribution in [-0.2, 0) is 5.41 Å². The predicted octanol–water partition coefficient (Wildman–Crippen LogP) is 14.1. The smallest absolute Gasteiger partial charge is 0.0468 e. The van der Waals surface area contributed by atoms with E-state index in [4.69, 9.17) is 0 Å². The summed E-state index contributed by atoms with van der Waals surface area (Å²) in [6.07, 6.45) is 0. The van der Waals surface area contributed by atoms with Gasteiger partial charge in [-0.15, -0.1) is 0 Å². The van der Waals surface area contributed by atoms with Gasteiger partial charge in [-0.05, 0) is 103 Å². The lowest BCUT2D eigenvalue weighted by Crippen LogP contribution is -2.21. The molecule has 0 fully saturated rings. The largest absolute Gasteiger partial charge is 0.310 e. The molecule has 0 aliphatic heterocycles. The van der Waals surface area contributed by atoms with Crippen LogP contribution in [0.15, 0.2) is 200 Å². The maximum atomic E-state index is 2.41. The van der Waals surface area contributed by atoms with Gasteiger partial charge in [0.05, 0.1) is 0 Å². The average Bonchev–Trinajstić information content (AvgIpc) is 3.24. The monoisotopic (exact) mass is 665 g/mol. The molecule has 0 unspecified atom stereocenters. The molecule has 52 heavy (non-hydrogen) atoms. The van der Waals surface area contributed by atoms with Crippen LogP contribution in [0.4, 0.5) is 17.1 Å². The van der Waals surface area contributed by atoms with Gasteiger partial charge in [-0.2, -0.15) is 0 Å². The molecule has 0 N–H and O–H groups in total. The van der Waals surface area contributed by atoms with E-state index in [2.05, 4.69) is 219 Å². The standard InChI is InChI=1S/C51H39N/c1-51(2)49-23-13-11-21-46(49)44-20-10-9-19-43(44)45-34-33-42(35-48(45)47-22-12-14-24-50(47)51)52(40-29-25-38(26-30-40)36-15-5-3-6-16-36)41-31-27-39(28-32-41)37-17-7-4-8-18-37/h3-35H,1-2H3. The fourth-order valence-corrected chi connectivity index (χ4v) is 8.07. The van der Waals surface area contributed by atoms with Gasteiger partial charge in [0.2, 0.25) is 0 Å². The second-order valence-electron chi connectivity index (χ2n) is 14.2. The fraction of sp³-hybridized carbons (Fsp3) is 0.0588. The van der Waals surface area contributed by atoms with E-state index in [1.54, 1.807) is 0 Å². The molecule has 0 radical (unpaired) electrons. The molecule has 248 valence electrons. The number of fused-ring (bicyclic) bond motifs is 7. The van der Waals surface area contributed by atoms with Gasteiger partial charge in [0.1, 0.15) is 0 Å². The van der Waals surface area contributed by atoms with E-state index in [-0.39, 0.29) is 5.41 Å². The zero-order chi connectivity index (χ0) is 35.1. The Labute approximate surface area is 307 Å². The summed E-state index contributed by atoms with van der Waals surface area (Å²) in [5.41, 5.74) is 18.1. The third-order valence-corrected chi connectivity index (χ3v) is 10.7. The Morgan fingerprint density at radius 1 is 0.288 bits per heavy atom. The van der Waals surface area contributed by atoms with Crippen molar-refractivity contribution in [3.05, 3.63) is 211 Å². The van der Waals surface area contributed by atoms with E-state index in [9.17, 15) is 0 Å². The number of benzene rings is 8. The van der Waals surface area contributed by atoms with Crippen LogP contribution >= 0.6 is 0 Å². The molecule has 1 heteroatoms. The molecule has 1 aliphatic carbocycles. The van der Waals surface area contributed by atoms with E-state index in [0.717, 1.165) is 17.1 Å². The van der Waals surface area contributed by atoms with Crippen molar-refractivity contribution in [3.8, 4) is 55.6 Å². The van der Waals surface area contributed by atoms with Gasteiger partial charge in [0.25, 0.3) is 0 Å². The van der Waals surface area contributed by atoms with Crippen LogP contribution in [0.2, 0.25) is 0 Å². The molecular weight excluding hydrogens is 627 g/mol. The molecule has 9 rings (SSSR count). The SMILES string of the molecule is CC1(C)c2ccccc2-c2ccccc2-c2ccc(N(c3ccc(-c4ccccc4)cc3)c3ccc(-c4ccccc4)cc3)cc2-c2ccccc21. The van der Waals surface area contributed by atoms with Crippen molar-refractivity contribution in [2.24, 2.45) is 0 Å². The Morgan fingerprint density at radius 2 is 0.635 bits per heavy atom. The van der Waals surface area contributed by atoms with E-state index < -0.39 is 0 Å². The average molecular weight is 666 g/mol. The van der Waals surface area contributed by atoms with Crippen molar-refractivity contribution < 1.29 is 0 Å². The van der Waals surface area contributed by atoms with Gasteiger partial charge >= 0.3 is 0 Å². The summed E-state index contributed by atoms with van der Waals surface area (Å²) >= 11 is 0. The maximum Gasteiger partial charge on any atom is 0.0468 e. The summed E-state index contributed by atoms with van der Waals surface area (Å²) in [4.78, 5) is 2.39. The zero-order valence-corrected chi connectivity index (χ0v) is 29.5. The number of hydrogen-bond acceptors (Lipinski definition) is 1. The van der Waals surface area contributed by atoms with Crippen molar-refractivity contribution in [1.29, 1.82) is 0 Å². The molecule has 0 bridgehead atoms. The Kier molecular flexibility index (Phi) is 7.90. The number of nitrogens with zero attached hydrogens (tertiary/aromatic N) is 1. The molecule has 0 saturated heterocycles. The van der Waals surface area contributed by atoms with E-state index in [1.807, 2.05) is 0 Å². The predicted molar refractivity (Wildman–Crippen MR) is 220 cm³/mol. The quantitative estimate of drug-likeness (QED) is 0.177. The lowest BCUT2D eigenvalue weighted by atomic mass is 9.73. The highest BCUT2D eigenvalue weighted by atomic mass is 15.1. The first kappa shape index (κ1) is 31.5. The Bertz CT molecular complexity index is 2430. The Hall–Kier alpha value is -6.44. The molecule has 0 saturated carbocycles. The molecule has 1 aliphatic rings. The molecule has 0 spiro atoms. The van der Waals surface area contributed by atoms with Crippen LogP contribution in [0, 0.1) is 0 Å². The maximum absolute atomic E-state index is 2.41. The van der Waals surface area contributed by atoms with E-state index >= 15 is 0 Å². The first-order valence-corrected chi connectivity index (χ1v) is 18.1. The van der Waals surface area contributed by atoms with Crippen LogP contribution < -0.4 is 4.90 Å². The third kappa shape index (κ3) is 5.52. The summed E-state index contributed by atoms with van der Waals surface area (Å²) in [5, 5.41) is 0. The highest BCUT2D eigenvalue weighted by Crippen LogP contribution is 2.50. The lowest BCUT2D eigenvalue weighted by molar-refractivity contribution is 0.645. The molecular formula is C51H39N. The Balaban J connectivity index is 1.26. The van der Waals surface area contributed by atoms with Crippen LogP contribution in [0.3, 0.4) is 0 Å². The van der Waals surface area contributed by atoms with Crippen molar-refractivity contribution in [1.82, 2.24) is 0 Å². The van der Waals surface area contributed by atoms with Crippen LogP contribution in [0.5, 0.6) is 0 Å². The number of anilines is 3. The molecule has 0 aromatic heterocycles. The first-order chi connectivity index (χ1) is 25.6. The van der Waals surface area contributed by atoms with Crippen molar-refractivity contribution >= 4 is 17.1 Å². The van der Waals surface area contributed by atoms with Gasteiger partial charge in [-0.25, -0.2) is 0 Å². The van der Waals surface area contributed by atoms with Crippen molar-refractivity contribution in [3.63, 3.8) is 0 Å². The first-order valence-electron chi connectivity index (χ1n) is 18.1. The number of rotatable bonds is 5. The topological polar surface area (TPSA) is 3.24 Å². The van der Waals surface area contributed by atoms with Gasteiger partial charge in [0, 0.05) is 22.5 Å². The molecule has 0 amide bonds. The lowest BCUT2D eigenvalue weighted by Gasteiger charge is -2.31. The summed E-state index contributed by atoms with van der Waals surface area (Å²) in [5.74, 6) is 0. The minimum atomic E-state index is -0.238. The van der Waals surface area contributed by atoms with Crippen LogP contribution in [0.1, 0.15) is 25.0 Å². The molecule has 0 atom stereocenters. The van der Waals surface area contributed by atoms with Crippen molar-refractivity contribution in [2.45, 2.75) is 19.3 Å². The van der Waals surface area contributed by atoms with Gasteiger partial charge in [-0.3, -0.25) is 0 Å². The third-order valence-electron chi connectivity index (χ3n) is 10.7. The normalized spacial score (nSPS) is 12.6. The summed E-state index contributed by atoms with van der Waals surface area (Å²) < 4.78 is 0. The van der Waals surface area contributed by atoms with Gasteiger partial charge in [-0.1, -0.05) is 178 Å². The second-order valence-corrected chi connectivity index (χ2v) is 14.2. The summed E-state index contributed by atoms with van der Waals surface area (Å²) in [7, 11) is 0. The molecule has 8 aromatic rings. The summed E-state index contributed by atoms with van der Waals surface area (Å²) in [6.45, 7) is 4.74. The Morgan fingerprint density at radius 3 is 1.13 bits per heavy atom. The fourth-order valence-electron chi connectivity index (χ4n) is 8.07. The van der Waals surface area contributed by atoms with Crippen molar-refractivity contribution in [2.75, 3.05) is 4.90 Å². The highest BCUT2D eigenvalue weighted by Gasteiger charge is 2.32. The van der Waals surface area contributed by atoms with E-state index in [1.165, 1.54) is 66.8 Å². The molecule has 0 heterocycles. The van der Waals surface area contributed by atoms with E-state index in [0.29, 0.717) is 0 Å². The highest BCUT2D eigenvalue weighted by molar-refractivity contribution is 5.97. The van der Waals surface area contributed by atoms with Gasteiger partial charge in [0.15, 0.2) is 0 Å². The molecule has 1 nitrogen and oxygen atoms in total. The number of hydrogen-bond donors (Lipinski definition) is 0. The zero-order valence-electron chi connectivity index (χ0n) is 29.5. The van der Waals surface area contributed by atoms with Crippen LogP contribution in [-0.4, -0.2) is 0 Å². The summed E-state index contributed by atoms with van der Waals surface area (Å²) in [6, 6.07) is 73.0. The molecule has 8 aromatic carbocycles. The second kappa shape index (κ2) is 13.0. The van der Waals surface area contributed by atoms with Gasteiger partial charge < -0.3 is 4.90 Å². The van der Waals surface area contributed by atoms with Crippen LogP contribution in [0.25, 0.3) is 55.6 Å². The minimum absolute atomic E-state index is 0.238.